The van der Waals surface area contributed by atoms with Gasteiger partial charge in [0.25, 0.3) is 0 Å². The SMILES string of the molecule is CC(C)c1ccc(N2C[C@@H]3C[C@@H]3C2=O)cc1. The minimum atomic E-state index is 0.335. The van der Waals surface area contributed by atoms with Gasteiger partial charge in [0.05, 0.1) is 0 Å². The first-order valence-corrected chi connectivity index (χ1v) is 6.08. The molecule has 1 aliphatic heterocycles. The number of nitrogens with zero attached hydrogens (tertiary/aromatic N) is 1. The van der Waals surface area contributed by atoms with Crippen molar-refractivity contribution >= 4 is 11.6 Å². The minimum Gasteiger partial charge on any atom is -0.312 e. The van der Waals surface area contributed by atoms with E-state index in [1.54, 1.807) is 0 Å². The van der Waals surface area contributed by atoms with Gasteiger partial charge in [-0.05, 0) is 36.0 Å². The molecule has 2 atom stereocenters. The molecule has 0 N–H and O–H groups in total. The second-order valence-electron chi connectivity index (χ2n) is 5.30. The lowest BCUT2D eigenvalue weighted by atomic mass is 10.0. The monoisotopic (exact) mass is 215 g/mol. The molecule has 0 radical (unpaired) electrons. The fourth-order valence-electron chi connectivity index (χ4n) is 2.55. The molecule has 2 aliphatic rings. The van der Waals surface area contributed by atoms with Crippen LogP contribution in [0, 0.1) is 11.8 Å². The highest BCUT2D eigenvalue weighted by Crippen LogP contribution is 2.47. The second-order valence-corrected chi connectivity index (χ2v) is 5.30. The molecule has 0 bridgehead atoms. The molecule has 16 heavy (non-hydrogen) atoms. The fourth-order valence-corrected chi connectivity index (χ4v) is 2.55. The molecule has 2 heteroatoms. The molecule has 1 saturated carbocycles. The molecule has 2 nitrogen and oxygen atoms in total. The number of amides is 1. The first-order valence-electron chi connectivity index (χ1n) is 6.08. The van der Waals surface area contributed by atoms with Crippen molar-refractivity contribution in [3.8, 4) is 0 Å². The van der Waals surface area contributed by atoms with E-state index in [1.165, 1.54) is 5.56 Å². The molecule has 2 fully saturated rings. The molecule has 84 valence electrons. The van der Waals surface area contributed by atoms with Crippen LogP contribution >= 0.6 is 0 Å². The number of hydrogen-bond acceptors (Lipinski definition) is 1. The van der Waals surface area contributed by atoms with Gasteiger partial charge in [0, 0.05) is 18.2 Å². The Morgan fingerprint density at radius 3 is 2.44 bits per heavy atom. The van der Waals surface area contributed by atoms with E-state index in [4.69, 9.17) is 0 Å². The maximum absolute atomic E-state index is 11.9. The molecule has 3 rings (SSSR count). The third kappa shape index (κ3) is 1.44. The van der Waals surface area contributed by atoms with Gasteiger partial charge in [-0.25, -0.2) is 0 Å². The van der Waals surface area contributed by atoms with E-state index in [9.17, 15) is 4.79 Å². The molecular formula is C14H17NO. The topological polar surface area (TPSA) is 20.3 Å². The summed E-state index contributed by atoms with van der Waals surface area (Å²) in [6.07, 6.45) is 1.12. The van der Waals surface area contributed by atoms with Crippen LogP contribution in [0.5, 0.6) is 0 Å². The van der Waals surface area contributed by atoms with Crippen molar-refractivity contribution in [3.63, 3.8) is 0 Å². The molecule has 1 aliphatic carbocycles. The lowest BCUT2D eigenvalue weighted by Crippen LogP contribution is -2.27. The van der Waals surface area contributed by atoms with Crippen LogP contribution in [0.1, 0.15) is 31.7 Å². The molecule has 0 spiro atoms. The molecule has 0 unspecified atom stereocenters. The lowest BCUT2D eigenvalue weighted by Gasteiger charge is -2.19. The van der Waals surface area contributed by atoms with Crippen LogP contribution < -0.4 is 4.90 Å². The molecule has 1 saturated heterocycles. The normalized spacial score (nSPS) is 27.4. The van der Waals surface area contributed by atoms with Crippen molar-refractivity contribution in [3.05, 3.63) is 29.8 Å². The summed E-state index contributed by atoms with van der Waals surface area (Å²) in [7, 11) is 0. The zero-order chi connectivity index (χ0) is 11.3. The third-order valence-electron chi connectivity index (χ3n) is 3.79. The minimum absolute atomic E-state index is 0.335. The average Bonchev–Trinajstić information content (AvgIpc) is 2.98. The van der Waals surface area contributed by atoms with Crippen molar-refractivity contribution in [2.24, 2.45) is 11.8 Å². The van der Waals surface area contributed by atoms with Gasteiger partial charge in [0.2, 0.25) is 5.91 Å². The van der Waals surface area contributed by atoms with Gasteiger partial charge in [-0.3, -0.25) is 4.79 Å². The molecule has 1 heterocycles. The highest BCUT2D eigenvalue weighted by Gasteiger charge is 2.52. The number of benzene rings is 1. The van der Waals surface area contributed by atoms with Gasteiger partial charge in [-0.15, -0.1) is 0 Å². The fraction of sp³-hybridized carbons (Fsp3) is 0.500. The van der Waals surface area contributed by atoms with Crippen molar-refractivity contribution in [1.29, 1.82) is 0 Å². The Morgan fingerprint density at radius 2 is 1.94 bits per heavy atom. The highest BCUT2D eigenvalue weighted by molar-refractivity contribution is 5.99. The second kappa shape index (κ2) is 3.34. The quantitative estimate of drug-likeness (QED) is 0.743. The van der Waals surface area contributed by atoms with E-state index in [1.807, 2.05) is 4.90 Å². The van der Waals surface area contributed by atoms with E-state index in [-0.39, 0.29) is 0 Å². The van der Waals surface area contributed by atoms with Gasteiger partial charge < -0.3 is 4.90 Å². The number of carbonyl (C=O) groups excluding carboxylic acids is 1. The highest BCUT2D eigenvalue weighted by atomic mass is 16.2. The average molecular weight is 215 g/mol. The smallest absolute Gasteiger partial charge is 0.230 e. The van der Waals surface area contributed by atoms with Crippen LogP contribution in [0.2, 0.25) is 0 Å². The van der Waals surface area contributed by atoms with E-state index in [0.717, 1.165) is 18.7 Å². The van der Waals surface area contributed by atoms with Crippen LogP contribution in [-0.4, -0.2) is 12.5 Å². The Morgan fingerprint density at radius 1 is 1.25 bits per heavy atom. The predicted octanol–water partition coefficient (Wildman–Crippen LogP) is 2.79. The summed E-state index contributed by atoms with van der Waals surface area (Å²) in [6.45, 7) is 5.31. The Bertz CT molecular complexity index is 421. The Hall–Kier alpha value is -1.31. The zero-order valence-corrected chi connectivity index (χ0v) is 9.81. The summed E-state index contributed by atoms with van der Waals surface area (Å²) >= 11 is 0. The summed E-state index contributed by atoms with van der Waals surface area (Å²) in [5.41, 5.74) is 2.40. The summed E-state index contributed by atoms with van der Waals surface area (Å²) < 4.78 is 0. The van der Waals surface area contributed by atoms with Crippen molar-refractivity contribution in [1.82, 2.24) is 0 Å². The number of anilines is 1. The number of piperidine rings is 1. The number of fused-ring (bicyclic) bond motifs is 1. The van der Waals surface area contributed by atoms with Gasteiger partial charge in [-0.2, -0.15) is 0 Å². The van der Waals surface area contributed by atoms with Gasteiger partial charge in [0.15, 0.2) is 0 Å². The predicted molar refractivity (Wildman–Crippen MR) is 64.5 cm³/mol. The zero-order valence-electron chi connectivity index (χ0n) is 9.81. The molecule has 0 aromatic heterocycles. The first-order chi connectivity index (χ1) is 7.66. The van der Waals surface area contributed by atoms with E-state index in [0.29, 0.717) is 23.7 Å². The van der Waals surface area contributed by atoms with Crippen LogP contribution in [-0.2, 0) is 4.79 Å². The van der Waals surface area contributed by atoms with Crippen molar-refractivity contribution < 1.29 is 4.79 Å². The number of hydrogen-bond donors (Lipinski definition) is 0. The van der Waals surface area contributed by atoms with Crippen molar-refractivity contribution in [2.75, 3.05) is 11.4 Å². The van der Waals surface area contributed by atoms with E-state index >= 15 is 0 Å². The third-order valence-corrected chi connectivity index (χ3v) is 3.79. The maximum atomic E-state index is 11.9. The van der Waals surface area contributed by atoms with Gasteiger partial charge in [0.1, 0.15) is 0 Å². The number of carbonyl (C=O) groups is 1. The molecule has 1 amide bonds. The summed E-state index contributed by atoms with van der Waals surface area (Å²) in [4.78, 5) is 13.8. The summed E-state index contributed by atoms with van der Waals surface area (Å²) in [5.74, 6) is 1.89. The summed E-state index contributed by atoms with van der Waals surface area (Å²) in [6, 6.07) is 8.43. The molecule has 1 aromatic carbocycles. The number of rotatable bonds is 2. The Balaban J connectivity index is 1.82. The van der Waals surface area contributed by atoms with Gasteiger partial charge in [-0.1, -0.05) is 26.0 Å². The maximum Gasteiger partial charge on any atom is 0.230 e. The molecular weight excluding hydrogens is 198 g/mol. The van der Waals surface area contributed by atoms with E-state index in [2.05, 4.69) is 38.1 Å². The van der Waals surface area contributed by atoms with Crippen LogP contribution in [0.3, 0.4) is 0 Å². The largest absolute Gasteiger partial charge is 0.312 e. The Kier molecular flexibility index (Phi) is 2.06. The standard InChI is InChI=1S/C14H17NO/c1-9(2)10-3-5-12(6-4-10)15-8-11-7-13(11)14(15)16/h3-6,9,11,13H,7-8H2,1-2H3/t11-,13-/m0/s1. The lowest BCUT2D eigenvalue weighted by molar-refractivity contribution is -0.118. The van der Waals surface area contributed by atoms with Gasteiger partial charge >= 0.3 is 0 Å². The van der Waals surface area contributed by atoms with Crippen LogP contribution in [0.4, 0.5) is 5.69 Å². The van der Waals surface area contributed by atoms with E-state index < -0.39 is 0 Å². The summed E-state index contributed by atoms with van der Waals surface area (Å²) in [5, 5.41) is 0. The van der Waals surface area contributed by atoms with Crippen LogP contribution in [0.15, 0.2) is 24.3 Å². The van der Waals surface area contributed by atoms with Crippen LogP contribution in [0.25, 0.3) is 0 Å². The first kappa shape index (κ1) is 9.88. The molecule has 1 aromatic rings. The Labute approximate surface area is 96.3 Å². The van der Waals surface area contributed by atoms with Crippen molar-refractivity contribution in [2.45, 2.75) is 26.2 Å².